The van der Waals surface area contributed by atoms with Gasteiger partial charge in [0.15, 0.2) is 0 Å². The van der Waals surface area contributed by atoms with Gasteiger partial charge in [0.2, 0.25) is 0 Å². The van der Waals surface area contributed by atoms with Gasteiger partial charge < -0.3 is 11.1 Å². The summed E-state index contributed by atoms with van der Waals surface area (Å²) in [5.74, 6) is 0.966. The molecule has 82 valence electrons. The highest BCUT2D eigenvalue weighted by Gasteiger charge is 2.21. The van der Waals surface area contributed by atoms with Gasteiger partial charge >= 0.3 is 0 Å². The van der Waals surface area contributed by atoms with Crippen molar-refractivity contribution in [3.8, 4) is 0 Å². The molecule has 3 N–H and O–H groups in total. The molecule has 2 saturated carbocycles. The standard InChI is InChI=1S/C12H24N2/c13-11-6-3-7-12(8-11)14-9-10-4-1-2-5-10/h10-12,14H,1-9,13H2. The predicted molar refractivity (Wildman–Crippen MR) is 60.2 cm³/mol. The van der Waals surface area contributed by atoms with Crippen molar-refractivity contribution in [1.82, 2.24) is 5.32 Å². The Balaban J connectivity index is 1.64. The largest absolute Gasteiger partial charge is 0.328 e. The summed E-state index contributed by atoms with van der Waals surface area (Å²) >= 11 is 0. The summed E-state index contributed by atoms with van der Waals surface area (Å²) in [6.45, 7) is 1.25. The van der Waals surface area contributed by atoms with Gasteiger partial charge in [0, 0.05) is 12.1 Å². The van der Waals surface area contributed by atoms with E-state index in [4.69, 9.17) is 5.73 Å². The summed E-state index contributed by atoms with van der Waals surface area (Å²) in [7, 11) is 0. The molecule has 0 saturated heterocycles. The Morgan fingerprint density at radius 3 is 2.50 bits per heavy atom. The van der Waals surface area contributed by atoms with Gasteiger partial charge in [-0.3, -0.25) is 0 Å². The zero-order chi connectivity index (χ0) is 9.80. The number of nitrogens with two attached hydrogens (primary N) is 1. The molecule has 0 aromatic carbocycles. The molecule has 0 bridgehead atoms. The fraction of sp³-hybridized carbons (Fsp3) is 1.00. The van der Waals surface area contributed by atoms with E-state index < -0.39 is 0 Å². The average Bonchev–Trinajstić information content (AvgIpc) is 2.67. The molecule has 2 rings (SSSR count). The molecule has 0 aromatic heterocycles. The second-order valence-corrected chi connectivity index (χ2v) is 5.18. The number of hydrogen-bond donors (Lipinski definition) is 2. The second kappa shape index (κ2) is 5.13. The molecule has 0 aromatic rings. The van der Waals surface area contributed by atoms with Crippen LogP contribution in [0.5, 0.6) is 0 Å². The molecule has 0 heterocycles. The summed E-state index contributed by atoms with van der Waals surface area (Å²) in [6, 6.07) is 1.18. The molecule has 0 radical (unpaired) electrons. The highest BCUT2D eigenvalue weighted by molar-refractivity contribution is 4.81. The summed E-state index contributed by atoms with van der Waals surface area (Å²) in [6.07, 6.45) is 10.9. The van der Waals surface area contributed by atoms with Crippen LogP contribution in [-0.2, 0) is 0 Å². The summed E-state index contributed by atoms with van der Waals surface area (Å²) in [5.41, 5.74) is 5.97. The maximum Gasteiger partial charge on any atom is 0.00819 e. The quantitative estimate of drug-likeness (QED) is 0.725. The predicted octanol–water partition coefficient (Wildman–Crippen LogP) is 2.04. The summed E-state index contributed by atoms with van der Waals surface area (Å²) in [4.78, 5) is 0. The minimum atomic E-state index is 0.463. The maximum atomic E-state index is 5.97. The van der Waals surface area contributed by atoms with Crippen LogP contribution >= 0.6 is 0 Å². The maximum absolute atomic E-state index is 5.97. The second-order valence-electron chi connectivity index (χ2n) is 5.18. The van der Waals surface area contributed by atoms with Crippen molar-refractivity contribution >= 4 is 0 Å². The van der Waals surface area contributed by atoms with Crippen LogP contribution in [0.2, 0.25) is 0 Å². The van der Waals surface area contributed by atoms with E-state index in [-0.39, 0.29) is 0 Å². The lowest BCUT2D eigenvalue weighted by atomic mass is 9.91. The van der Waals surface area contributed by atoms with E-state index in [9.17, 15) is 0 Å². The normalized spacial score (nSPS) is 34.9. The third-order valence-corrected chi connectivity index (χ3v) is 3.88. The minimum Gasteiger partial charge on any atom is -0.328 e. The molecule has 2 heteroatoms. The zero-order valence-electron chi connectivity index (χ0n) is 9.17. The molecular formula is C12H24N2. The Bertz CT molecular complexity index is 164. The van der Waals surface area contributed by atoms with E-state index in [2.05, 4.69) is 5.32 Å². The lowest BCUT2D eigenvalue weighted by Crippen LogP contribution is -2.40. The van der Waals surface area contributed by atoms with E-state index in [0.717, 1.165) is 12.0 Å². The monoisotopic (exact) mass is 196 g/mol. The number of rotatable bonds is 3. The molecule has 2 fully saturated rings. The topological polar surface area (TPSA) is 38.0 Å². The molecule has 0 aliphatic heterocycles. The highest BCUT2D eigenvalue weighted by atomic mass is 14.9. The molecule has 2 aliphatic rings. The van der Waals surface area contributed by atoms with Gasteiger partial charge in [0.05, 0.1) is 0 Å². The van der Waals surface area contributed by atoms with E-state index in [1.54, 1.807) is 0 Å². The highest BCUT2D eigenvalue weighted by Crippen LogP contribution is 2.24. The van der Waals surface area contributed by atoms with Crippen LogP contribution in [0, 0.1) is 5.92 Å². The smallest absolute Gasteiger partial charge is 0.00819 e. The van der Waals surface area contributed by atoms with E-state index in [0.29, 0.717) is 6.04 Å². The van der Waals surface area contributed by atoms with Crippen molar-refractivity contribution in [3.63, 3.8) is 0 Å². The van der Waals surface area contributed by atoms with Gasteiger partial charge in [-0.25, -0.2) is 0 Å². The number of nitrogens with one attached hydrogen (secondary N) is 1. The van der Waals surface area contributed by atoms with E-state index >= 15 is 0 Å². The molecule has 2 nitrogen and oxygen atoms in total. The first-order valence-corrected chi connectivity index (χ1v) is 6.33. The third-order valence-electron chi connectivity index (χ3n) is 3.88. The van der Waals surface area contributed by atoms with E-state index in [1.807, 2.05) is 0 Å². The molecule has 2 atom stereocenters. The molecular weight excluding hydrogens is 172 g/mol. The van der Waals surface area contributed by atoms with Crippen molar-refractivity contribution in [1.29, 1.82) is 0 Å². The summed E-state index contributed by atoms with van der Waals surface area (Å²) < 4.78 is 0. The van der Waals surface area contributed by atoms with Gasteiger partial charge in [-0.1, -0.05) is 19.3 Å². The first-order chi connectivity index (χ1) is 6.84. The zero-order valence-corrected chi connectivity index (χ0v) is 9.17. The SMILES string of the molecule is NC1CCCC(NCC2CCCC2)C1. The molecule has 0 spiro atoms. The van der Waals surface area contributed by atoms with Gasteiger partial charge in [-0.2, -0.15) is 0 Å². The lowest BCUT2D eigenvalue weighted by molar-refractivity contribution is 0.321. The van der Waals surface area contributed by atoms with Crippen LogP contribution in [0.25, 0.3) is 0 Å². The van der Waals surface area contributed by atoms with Crippen molar-refractivity contribution in [3.05, 3.63) is 0 Å². The Morgan fingerprint density at radius 2 is 1.79 bits per heavy atom. The van der Waals surface area contributed by atoms with Gasteiger partial charge in [-0.15, -0.1) is 0 Å². The van der Waals surface area contributed by atoms with Gasteiger partial charge in [0.25, 0.3) is 0 Å². The van der Waals surface area contributed by atoms with Crippen molar-refractivity contribution in [2.45, 2.75) is 63.5 Å². The fourth-order valence-corrected chi connectivity index (χ4v) is 2.96. The van der Waals surface area contributed by atoms with Crippen molar-refractivity contribution in [2.24, 2.45) is 11.7 Å². The Morgan fingerprint density at radius 1 is 1.00 bits per heavy atom. The fourth-order valence-electron chi connectivity index (χ4n) is 2.96. The first kappa shape index (κ1) is 10.4. The molecule has 14 heavy (non-hydrogen) atoms. The van der Waals surface area contributed by atoms with Gasteiger partial charge in [-0.05, 0) is 44.6 Å². The van der Waals surface area contributed by atoms with Crippen LogP contribution < -0.4 is 11.1 Å². The van der Waals surface area contributed by atoms with E-state index in [1.165, 1.54) is 57.9 Å². The molecule has 2 aliphatic carbocycles. The summed E-state index contributed by atoms with van der Waals surface area (Å²) in [5, 5.41) is 3.71. The van der Waals surface area contributed by atoms with Crippen LogP contribution in [-0.4, -0.2) is 18.6 Å². The Labute approximate surface area is 87.6 Å². The molecule has 2 unspecified atom stereocenters. The minimum absolute atomic E-state index is 0.463. The lowest BCUT2D eigenvalue weighted by Gasteiger charge is -2.28. The van der Waals surface area contributed by atoms with Crippen LogP contribution in [0.3, 0.4) is 0 Å². The molecule has 0 amide bonds. The first-order valence-electron chi connectivity index (χ1n) is 6.33. The average molecular weight is 196 g/mol. The van der Waals surface area contributed by atoms with Crippen LogP contribution in [0.1, 0.15) is 51.4 Å². The van der Waals surface area contributed by atoms with Crippen LogP contribution in [0.15, 0.2) is 0 Å². The Hall–Kier alpha value is -0.0800. The van der Waals surface area contributed by atoms with Crippen molar-refractivity contribution in [2.75, 3.05) is 6.54 Å². The van der Waals surface area contributed by atoms with Crippen molar-refractivity contribution < 1.29 is 0 Å². The van der Waals surface area contributed by atoms with Gasteiger partial charge in [0.1, 0.15) is 0 Å². The van der Waals surface area contributed by atoms with Crippen LogP contribution in [0.4, 0.5) is 0 Å². The number of hydrogen-bond acceptors (Lipinski definition) is 2. The third kappa shape index (κ3) is 2.96. The Kier molecular flexibility index (Phi) is 3.82.